The van der Waals surface area contributed by atoms with Crippen molar-refractivity contribution in [3.8, 4) is 5.75 Å². The van der Waals surface area contributed by atoms with E-state index in [0.717, 1.165) is 10.5 Å². The summed E-state index contributed by atoms with van der Waals surface area (Å²) in [6, 6.07) is 7.25. The number of benzene rings is 1. The van der Waals surface area contributed by atoms with Crippen LogP contribution in [0, 0.1) is 5.41 Å². The van der Waals surface area contributed by atoms with Crippen LogP contribution in [0.2, 0.25) is 0 Å². The zero-order valence-corrected chi connectivity index (χ0v) is 16.4. The van der Waals surface area contributed by atoms with Crippen LogP contribution in [0.1, 0.15) is 37.7 Å². The number of alkyl halides is 3. The number of piperidine rings is 2. The van der Waals surface area contributed by atoms with Gasteiger partial charge in [-0.05, 0) is 43.4 Å². The largest absolute Gasteiger partial charge is 0.497 e. The molecule has 2 amide bonds. The average molecular weight is 410 g/mol. The highest BCUT2D eigenvalue weighted by molar-refractivity contribution is 5.90. The molecule has 1 aromatic carbocycles. The number of methoxy groups -OCH3 is 1. The summed E-state index contributed by atoms with van der Waals surface area (Å²) < 4.78 is 48.6. The van der Waals surface area contributed by atoms with Crippen LogP contribution >= 0.6 is 0 Å². The van der Waals surface area contributed by atoms with E-state index in [9.17, 15) is 22.8 Å². The molecule has 1 aliphatic carbocycles. The lowest BCUT2D eigenvalue weighted by Crippen LogP contribution is -2.62. The quantitative estimate of drug-likeness (QED) is 0.766. The third kappa shape index (κ3) is 3.81. The van der Waals surface area contributed by atoms with Crippen LogP contribution < -0.4 is 4.74 Å². The van der Waals surface area contributed by atoms with E-state index in [1.165, 1.54) is 0 Å². The molecule has 1 atom stereocenters. The maximum absolute atomic E-state index is 14.6. The number of amides is 2. The van der Waals surface area contributed by atoms with Gasteiger partial charge in [-0.2, -0.15) is 0 Å². The molecule has 5 nitrogen and oxygen atoms in total. The topological polar surface area (TPSA) is 49.9 Å². The second kappa shape index (κ2) is 6.92. The van der Waals surface area contributed by atoms with Crippen molar-refractivity contribution in [2.45, 2.75) is 50.2 Å². The van der Waals surface area contributed by atoms with Gasteiger partial charge in [0.05, 0.1) is 19.1 Å². The highest BCUT2D eigenvalue weighted by Gasteiger charge is 2.60. The van der Waals surface area contributed by atoms with Gasteiger partial charge in [-0.3, -0.25) is 9.59 Å². The summed E-state index contributed by atoms with van der Waals surface area (Å²) in [6.07, 6.45) is 0.373. The molecule has 0 aromatic heterocycles. The second-order valence-electron chi connectivity index (χ2n) is 8.62. The molecule has 2 aliphatic heterocycles. The molecule has 3 fully saturated rings. The lowest BCUT2D eigenvalue weighted by molar-refractivity contribution is -0.177. The van der Waals surface area contributed by atoms with Crippen molar-refractivity contribution in [1.82, 2.24) is 9.80 Å². The normalized spacial score (nSPS) is 27.8. The molecule has 2 saturated heterocycles. The Bertz CT molecular complexity index is 827. The molecule has 1 saturated carbocycles. The first-order valence-corrected chi connectivity index (χ1v) is 9.95. The molecule has 0 N–H and O–H groups in total. The number of carbonyl (C=O) groups excluding carboxylic acids is 2. The van der Waals surface area contributed by atoms with E-state index in [4.69, 9.17) is 4.74 Å². The Labute approximate surface area is 167 Å². The summed E-state index contributed by atoms with van der Waals surface area (Å²) >= 11 is 0. The van der Waals surface area contributed by atoms with Gasteiger partial charge in [0.25, 0.3) is 11.8 Å². The van der Waals surface area contributed by atoms with E-state index in [0.29, 0.717) is 18.7 Å². The van der Waals surface area contributed by atoms with Crippen molar-refractivity contribution in [3.05, 3.63) is 29.8 Å². The van der Waals surface area contributed by atoms with E-state index in [1.54, 1.807) is 24.1 Å². The Hall–Kier alpha value is -2.25. The number of rotatable bonds is 4. The summed E-state index contributed by atoms with van der Waals surface area (Å²) in [5.41, 5.74) is -2.54. The monoisotopic (exact) mass is 410 g/mol. The third-order valence-corrected chi connectivity index (χ3v) is 6.20. The fraction of sp³-hybridized carbons (Fsp3) is 0.619. The third-order valence-electron chi connectivity index (χ3n) is 6.20. The minimum atomic E-state index is -3.21. The number of hydrogen-bond acceptors (Lipinski definition) is 3. The van der Waals surface area contributed by atoms with Gasteiger partial charge in [0.2, 0.25) is 5.91 Å². The number of carbonyl (C=O) groups is 2. The average Bonchev–Trinajstić information content (AvgIpc) is 3.42. The first-order chi connectivity index (χ1) is 13.7. The SMILES string of the molecule is COc1cccc(CN2CCC[C@]3(CN(C(=O)C4(F)CC4)CC(F)(F)C3)C2=O)c1. The molecule has 8 heteroatoms. The first kappa shape index (κ1) is 20.0. The predicted molar refractivity (Wildman–Crippen MR) is 99.3 cm³/mol. The molecule has 0 radical (unpaired) electrons. The Kier molecular flexibility index (Phi) is 4.78. The zero-order valence-electron chi connectivity index (χ0n) is 16.4. The van der Waals surface area contributed by atoms with Crippen LogP contribution in [0.25, 0.3) is 0 Å². The van der Waals surface area contributed by atoms with E-state index in [1.807, 2.05) is 12.1 Å². The van der Waals surface area contributed by atoms with Crippen LogP contribution in [0.3, 0.4) is 0 Å². The fourth-order valence-corrected chi connectivity index (χ4v) is 4.66. The summed E-state index contributed by atoms with van der Waals surface area (Å²) in [6.45, 7) is -0.211. The van der Waals surface area contributed by atoms with Crippen LogP contribution in [0.5, 0.6) is 5.75 Å². The minimum absolute atomic E-state index is 0.0663. The van der Waals surface area contributed by atoms with Crippen LogP contribution in [-0.2, 0) is 16.1 Å². The van der Waals surface area contributed by atoms with Crippen molar-refractivity contribution in [2.75, 3.05) is 26.7 Å². The van der Waals surface area contributed by atoms with Gasteiger partial charge < -0.3 is 14.5 Å². The van der Waals surface area contributed by atoms with Crippen molar-refractivity contribution >= 4 is 11.8 Å². The van der Waals surface area contributed by atoms with Gasteiger partial charge >= 0.3 is 0 Å². The fourth-order valence-electron chi connectivity index (χ4n) is 4.66. The number of halogens is 3. The van der Waals surface area contributed by atoms with Crippen molar-refractivity contribution in [2.24, 2.45) is 5.41 Å². The van der Waals surface area contributed by atoms with Crippen LogP contribution in [0.4, 0.5) is 13.2 Å². The summed E-state index contributed by atoms with van der Waals surface area (Å²) in [7, 11) is 1.55. The van der Waals surface area contributed by atoms with Gasteiger partial charge in [-0.25, -0.2) is 13.2 Å². The molecule has 4 rings (SSSR count). The number of nitrogens with zero attached hydrogens (tertiary/aromatic N) is 2. The van der Waals surface area contributed by atoms with Gasteiger partial charge in [-0.1, -0.05) is 12.1 Å². The molecular formula is C21H25F3N2O3. The molecule has 0 bridgehead atoms. The van der Waals surface area contributed by atoms with Gasteiger partial charge in [-0.15, -0.1) is 0 Å². The molecule has 1 spiro atoms. The van der Waals surface area contributed by atoms with E-state index >= 15 is 0 Å². The van der Waals surface area contributed by atoms with Crippen molar-refractivity contribution in [1.29, 1.82) is 0 Å². The highest BCUT2D eigenvalue weighted by atomic mass is 19.3. The number of ether oxygens (including phenoxy) is 1. The van der Waals surface area contributed by atoms with E-state index in [-0.39, 0.29) is 38.3 Å². The Balaban J connectivity index is 1.56. The molecule has 3 aliphatic rings. The smallest absolute Gasteiger partial charge is 0.266 e. The van der Waals surface area contributed by atoms with Crippen LogP contribution in [-0.4, -0.2) is 59.9 Å². The first-order valence-electron chi connectivity index (χ1n) is 9.95. The molecule has 2 heterocycles. The summed E-state index contributed by atoms with van der Waals surface area (Å²) in [5, 5.41) is 0. The molecule has 158 valence electrons. The van der Waals surface area contributed by atoms with E-state index in [2.05, 4.69) is 0 Å². The molecular weight excluding hydrogens is 385 g/mol. The minimum Gasteiger partial charge on any atom is -0.497 e. The van der Waals surface area contributed by atoms with Gasteiger partial charge in [0.1, 0.15) is 5.75 Å². The van der Waals surface area contributed by atoms with Crippen LogP contribution in [0.15, 0.2) is 24.3 Å². The van der Waals surface area contributed by atoms with Crippen molar-refractivity contribution < 1.29 is 27.5 Å². The van der Waals surface area contributed by atoms with Crippen molar-refractivity contribution in [3.63, 3.8) is 0 Å². The second-order valence-corrected chi connectivity index (χ2v) is 8.62. The summed E-state index contributed by atoms with van der Waals surface area (Å²) in [4.78, 5) is 28.2. The Morgan fingerprint density at radius 2 is 1.93 bits per heavy atom. The lowest BCUT2D eigenvalue weighted by Gasteiger charge is -2.49. The highest BCUT2D eigenvalue weighted by Crippen LogP contribution is 2.48. The van der Waals surface area contributed by atoms with Gasteiger partial charge in [0, 0.05) is 26.1 Å². The maximum atomic E-state index is 14.6. The van der Waals surface area contributed by atoms with Gasteiger partial charge in [0.15, 0.2) is 5.67 Å². The number of likely N-dealkylation sites (tertiary alicyclic amines) is 2. The van der Waals surface area contributed by atoms with E-state index < -0.39 is 35.9 Å². The molecule has 0 unspecified atom stereocenters. The number of hydrogen-bond donors (Lipinski definition) is 0. The Morgan fingerprint density at radius 3 is 2.62 bits per heavy atom. The lowest BCUT2D eigenvalue weighted by atomic mass is 9.71. The standard InChI is InChI=1S/C21H25F3N2O3/c1-29-16-5-2-4-15(10-16)11-25-9-3-6-19(17(25)27)12-21(23,24)14-26(13-19)18(28)20(22)7-8-20/h2,4-5,10H,3,6-9,11-14H2,1H3/t19-/m0/s1. The maximum Gasteiger partial charge on any atom is 0.266 e. The molecule has 1 aromatic rings. The Morgan fingerprint density at radius 1 is 1.17 bits per heavy atom. The predicted octanol–water partition coefficient (Wildman–Crippen LogP) is 3.17. The molecule has 29 heavy (non-hydrogen) atoms. The summed E-state index contributed by atoms with van der Waals surface area (Å²) in [5.74, 6) is -3.84. The zero-order chi connectivity index (χ0) is 20.9.